The van der Waals surface area contributed by atoms with Gasteiger partial charge in [0.15, 0.2) is 0 Å². The molecule has 0 bridgehead atoms. The van der Waals surface area contributed by atoms with E-state index in [9.17, 15) is 9.90 Å². The van der Waals surface area contributed by atoms with Crippen LogP contribution in [0, 0.1) is 5.41 Å². The van der Waals surface area contributed by atoms with Crippen LogP contribution < -0.4 is 0 Å². The quantitative estimate of drug-likeness (QED) is 0.579. The molecular formula is C15H29NO5. The lowest BCUT2D eigenvalue weighted by Gasteiger charge is -2.38. The maximum Gasteiger partial charge on any atom is 0.309 e. The van der Waals surface area contributed by atoms with Crippen LogP contribution in [0.5, 0.6) is 0 Å². The molecule has 0 unspecified atom stereocenters. The molecule has 0 amide bonds. The lowest BCUT2D eigenvalue weighted by atomic mass is 9.76. The molecule has 0 saturated carbocycles. The summed E-state index contributed by atoms with van der Waals surface area (Å²) in [5.41, 5.74) is -0.507. The van der Waals surface area contributed by atoms with Crippen LogP contribution in [0.3, 0.4) is 0 Å². The van der Waals surface area contributed by atoms with Gasteiger partial charge in [-0.05, 0) is 32.4 Å². The Kier molecular flexibility index (Phi) is 8.84. The maximum atomic E-state index is 11.4. The number of hydrogen-bond donors (Lipinski definition) is 1. The minimum absolute atomic E-state index is 0.507. The molecule has 0 radical (unpaired) electrons. The Morgan fingerprint density at radius 2 is 1.67 bits per heavy atom. The fraction of sp³-hybridized carbons (Fsp3) is 0.933. The summed E-state index contributed by atoms with van der Waals surface area (Å²) >= 11 is 0. The van der Waals surface area contributed by atoms with Crippen LogP contribution in [-0.4, -0.2) is 75.8 Å². The topological polar surface area (TPSA) is 68.2 Å². The molecule has 0 aromatic carbocycles. The van der Waals surface area contributed by atoms with Crippen LogP contribution in [0.4, 0.5) is 0 Å². The van der Waals surface area contributed by atoms with Crippen LogP contribution >= 0.6 is 0 Å². The summed E-state index contributed by atoms with van der Waals surface area (Å²) < 4.78 is 15.7. The van der Waals surface area contributed by atoms with Crippen LogP contribution in [0.25, 0.3) is 0 Å². The van der Waals surface area contributed by atoms with Crippen molar-refractivity contribution in [3.8, 4) is 0 Å². The second-order valence-corrected chi connectivity index (χ2v) is 5.50. The van der Waals surface area contributed by atoms with Gasteiger partial charge in [-0.15, -0.1) is 0 Å². The van der Waals surface area contributed by atoms with E-state index in [1.165, 1.54) is 0 Å². The van der Waals surface area contributed by atoms with Crippen LogP contribution in [0.15, 0.2) is 0 Å². The van der Waals surface area contributed by atoms with Crippen molar-refractivity contribution < 1.29 is 24.1 Å². The highest BCUT2D eigenvalue weighted by Crippen LogP contribution is 2.34. The number of carboxylic acids is 1. The predicted molar refractivity (Wildman–Crippen MR) is 79.5 cm³/mol. The number of nitrogens with zero attached hydrogens (tertiary/aromatic N) is 1. The van der Waals surface area contributed by atoms with E-state index < -0.39 is 11.4 Å². The van der Waals surface area contributed by atoms with Crippen molar-refractivity contribution in [1.29, 1.82) is 0 Å². The van der Waals surface area contributed by atoms with Gasteiger partial charge < -0.3 is 24.2 Å². The van der Waals surface area contributed by atoms with Crippen LogP contribution in [-0.2, 0) is 19.0 Å². The Balaban J connectivity index is 2.04. The molecule has 1 fully saturated rings. The summed E-state index contributed by atoms with van der Waals surface area (Å²) in [5, 5.41) is 9.34. The molecule has 6 heteroatoms. The number of carbonyl (C=O) groups is 1. The third-order valence-corrected chi connectivity index (χ3v) is 4.30. The van der Waals surface area contributed by atoms with Gasteiger partial charge in [0.05, 0.1) is 38.4 Å². The lowest BCUT2D eigenvalue weighted by molar-refractivity contribution is -0.152. The van der Waals surface area contributed by atoms with Gasteiger partial charge in [0.2, 0.25) is 0 Å². The number of aliphatic carboxylic acids is 1. The number of hydrogen-bond acceptors (Lipinski definition) is 5. The van der Waals surface area contributed by atoms with Crippen LogP contribution in [0.2, 0.25) is 0 Å². The first-order valence-electron chi connectivity index (χ1n) is 7.75. The molecule has 1 saturated heterocycles. The standard InChI is InChI=1S/C15H29NO5/c1-3-15(14(17)18)4-6-16(7-5-15)8-9-20-12-13-21-11-10-19-2/h3-13H2,1-2H3,(H,17,18). The van der Waals surface area contributed by atoms with Crippen molar-refractivity contribution in [3.63, 3.8) is 0 Å². The molecule has 6 nitrogen and oxygen atoms in total. The molecular weight excluding hydrogens is 274 g/mol. The van der Waals surface area contributed by atoms with Crippen molar-refractivity contribution in [2.24, 2.45) is 5.41 Å². The first-order chi connectivity index (χ1) is 10.1. The lowest BCUT2D eigenvalue weighted by Crippen LogP contribution is -2.45. The zero-order valence-electron chi connectivity index (χ0n) is 13.3. The van der Waals surface area contributed by atoms with E-state index in [2.05, 4.69) is 4.90 Å². The molecule has 21 heavy (non-hydrogen) atoms. The number of rotatable bonds is 11. The molecule has 1 rings (SSSR count). The minimum Gasteiger partial charge on any atom is -0.481 e. The van der Waals surface area contributed by atoms with Gasteiger partial charge in [0, 0.05) is 13.7 Å². The zero-order valence-corrected chi connectivity index (χ0v) is 13.3. The van der Waals surface area contributed by atoms with Gasteiger partial charge in [-0.2, -0.15) is 0 Å². The highest BCUT2D eigenvalue weighted by molar-refractivity contribution is 5.74. The third-order valence-electron chi connectivity index (χ3n) is 4.30. The molecule has 0 aromatic rings. The Morgan fingerprint density at radius 1 is 1.10 bits per heavy atom. The van der Waals surface area contributed by atoms with Crippen molar-refractivity contribution in [1.82, 2.24) is 4.90 Å². The Bertz CT molecular complexity index is 290. The fourth-order valence-electron chi connectivity index (χ4n) is 2.58. The highest BCUT2D eigenvalue weighted by Gasteiger charge is 2.39. The first-order valence-corrected chi connectivity index (χ1v) is 7.75. The van der Waals surface area contributed by atoms with E-state index in [1.54, 1.807) is 7.11 Å². The Hall–Kier alpha value is -0.690. The number of likely N-dealkylation sites (tertiary alicyclic amines) is 1. The monoisotopic (exact) mass is 303 g/mol. The van der Waals surface area contributed by atoms with Gasteiger partial charge >= 0.3 is 5.97 Å². The Morgan fingerprint density at radius 3 is 2.19 bits per heavy atom. The molecule has 1 heterocycles. The molecule has 0 aliphatic carbocycles. The summed E-state index contributed by atoms with van der Waals surface area (Å²) in [6, 6.07) is 0. The van der Waals surface area contributed by atoms with Crippen molar-refractivity contribution >= 4 is 5.97 Å². The molecule has 1 N–H and O–H groups in total. The van der Waals surface area contributed by atoms with Gasteiger partial charge in [-0.1, -0.05) is 6.92 Å². The summed E-state index contributed by atoms with van der Waals surface area (Å²) in [5.74, 6) is -0.644. The van der Waals surface area contributed by atoms with Gasteiger partial charge in [-0.25, -0.2) is 0 Å². The van der Waals surface area contributed by atoms with E-state index in [1.807, 2.05) is 6.92 Å². The second kappa shape index (κ2) is 10.1. The highest BCUT2D eigenvalue weighted by atomic mass is 16.5. The number of carboxylic acid groups (broad SMARTS) is 1. The Labute approximate surface area is 127 Å². The van der Waals surface area contributed by atoms with Crippen LogP contribution in [0.1, 0.15) is 26.2 Å². The number of piperidine rings is 1. The smallest absolute Gasteiger partial charge is 0.309 e. The maximum absolute atomic E-state index is 11.4. The summed E-state index contributed by atoms with van der Waals surface area (Å²) in [6.45, 7) is 7.55. The van der Waals surface area contributed by atoms with Crippen molar-refractivity contribution in [2.75, 3.05) is 59.8 Å². The van der Waals surface area contributed by atoms with E-state index in [0.29, 0.717) is 39.5 Å². The molecule has 1 aliphatic heterocycles. The van der Waals surface area contributed by atoms with E-state index in [-0.39, 0.29) is 0 Å². The van der Waals surface area contributed by atoms with E-state index in [0.717, 1.165) is 32.5 Å². The average Bonchev–Trinajstić information content (AvgIpc) is 2.50. The molecule has 0 aromatic heterocycles. The first kappa shape index (κ1) is 18.4. The normalized spacial score (nSPS) is 18.8. The second-order valence-electron chi connectivity index (χ2n) is 5.50. The minimum atomic E-state index is -0.644. The molecule has 0 spiro atoms. The van der Waals surface area contributed by atoms with Gasteiger partial charge in [0.25, 0.3) is 0 Å². The van der Waals surface area contributed by atoms with Crippen molar-refractivity contribution in [3.05, 3.63) is 0 Å². The predicted octanol–water partition coefficient (Wildman–Crippen LogP) is 1.24. The van der Waals surface area contributed by atoms with Gasteiger partial charge in [0.1, 0.15) is 0 Å². The molecule has 0 atom stereocenters. The molecule has 1 aliphatic rings. The number of methoxy groups -OCH3 is 1. The van der Waals surface area contributed by atoms with E-state index >= 15 is 0 Å². The third kappa shape index (κ3) is 6.30. The number of ether oxygens (including phenoxy) is 3. The molecule has 124 valence electrons. The SMILES string of the molecule is CCC1(C(=O)O)CCN(CCOCCOCCOC)CC1. The summed E-state index contributed by atoms with van der Waals surface area (Å²) in [6.07, 6.45) is 2.18. The summed E-state index contributed by atoms with van der Waals surface area (Å²) in [4.78, 5) is 13.6. The van der Waals surface area contributed by atoms with Crippen molar-refractivity contribution in [2.45, 2.75) is 26.2 Å². The zero-order chi connectivity index (χ0) is 15.6. The largest absolute Gasteiger partial charge is 0.481 e. The summed E-state index contributed by atoms with van der Waals surface area (Å²) in [7, 11) is 1.65. The van der Waals surface area contributed by atoms with E-state index in [4.69, 9.17) is 14.2 Å². The van der Waals surface area contributed by atoms with Gasteiger partial charge in [-0.3, -0.25) is 4.79 Å². The average molecular weight is 303 g/mol. The fourth-order valence-corrected chi connectivity index (χ4v) is 2.58.